The summed E-state index contributed by atoms with van der Waals surface area (Å²) in [5.41, 5.74) is 0.601. The van der Waals surface area contributed by atoms with Gasteiger partial charge in [0, 0.05) is 18.0 Å². The molecule has 0 N–H and O–H groups in total. The second-order valence-corrected chi connectivity index (χ2v) is 5.97. The summed E-state index contributed by atoms with van der Waals surface area (Å²) in [6.45, 7) is 2.71. The van der Waals surface area contributed by atoms with Gasteiger partial charge in [-0.1, -0.05) is 18.2 Å². The molecule has 0 saturated heterocycles. The van der Waals surface area contributed by atoms with E-state index in [2.05, 4.69) is 35.5 Å². The Morgan fingerprint density at radius 3 is 2.81 bits per heavy atom. The van der Waals surface area contributed by atoms with E-state index in [0.717, 1.165) is 25.9 Å². The Kier molecular flexibility index (Phi) is 6.26. The Morgan fingerprint density at radius 1 is 1.19 bits per heavy atom. The van der Waals surface area contributed by atoms with Crippen molar-refractivity contribution in [3.05, 3.63) is 52.2 Å². The molecular formula is C17H20N2OS. The molecule has 0 unspecified atom stereocenters. The van der Waals surface area contributed by atoms with E-state index in [9.17, 15) is 0 Å². The molecule has 21 heavy (non-hydrogen) atoms. The fourth-order valence-electron chi connectivity index (χ4n) is 2.07. The summed E-state index contributed by atoms with van der Waals surface area (Å²) in [5, 5.41) is 11.1. The molecule has 0 saturated carbocycles. The Morgan fingerprint density at radius 2 is 2.05 bits per heavy atom. The fourth-order valence-corrected chi connectivity index (χ4v) is 2.77. The van der Waals surface area contributed by atoms with Crippen LogP contribution in [0, 0.1) is 11.3 Å². The Hall–Kier alpha value is -1.83. The van der Waals surface area contributed by atoms with Crippen LogP contribution in [-0.4, -0.2) is 31.6 Å². The molecule has 0 aliphatic heterocycles. The van der Waals surface area contributed by atoms with Crippen LogP contribution in [0.3, 0.4) is 0 Å². The van der Waals surface area contributed by atoms with E-state index in [-0.39, 0.29) is 0 Å². The van der Waals surface area contributed by atoms with E-state index in [1.54, 1.807) is 6.07 Å². The van der Waals surface area contributed by atoms with Gasteiger partial charge in [-0.15, -0.1) is 11.3 Å². The van der Waals surface area contributed by atoms with Crippen LogP contribution in [0.25, 0.3) is 0 Å². The van der Waals surface area contributed by atoms with Crippen molar-refractivity contribution in [3.63, 3.8) is 0 Å². The molecule has 0 atom stereocenters. The zero-order chi connectivity index (χ0) is 14.9. The molecule has 2 aromatic rings. The highest BCUT2D eigenvalue weighted by atomic mass is 32.1. The Labute approximate surface area is 130 Å². The van der Waals surface area contributed by atoms with Crippen LogP contribution in [0.4, 0.5) is 0 Å². The topological polar surface area (TPSA) is 36.3 Å². The van der Waals surface area contributed by atoms with Gasteiger partial charge in [0.05, 0.1) is 12.2 Å². The second kappa shape index (κ2) is 8.46. The van der Waals surface area contributed by atoms with Gasteiger partial charge in [-0.05, 0) is 43.5 Å². The Bertz CT molecular complexity index is 575. The molecule has 0 aliphatic carbocycles. The highest BCUT2D eigenvalue weighted by Crippen LogP contribution is 2.16. The summed E-state index contributed by atoms with van der Waals surface area (Å²) >= 11 is 1.81. The van der Waals surface area contributed by atoms with Crippen LogP contribution in [-0.2, 0) is 6.42 Å². The van der Waals surface area contributed by atoms with Gasteiger partial charge in [0.15, 0.2) is 0 Å². The molecule has 0 aliphatic rings. The van der Waals surface area contributed by atoms with Crippen molar-refractivity contribution in [2.45, 2.75) is 12.8 Å². The normalized spacial score (nSPS) is 10.5. The van der Waals surface area contributed by atoms with Gasteiger partial charge < -0.3 is 9.64 Å². The van der Waals surface area contributed by atoms with E-state index in [4.69, 9.17) is 10.00 Å². The minimum absolute atomic E-state index is 0.601. The first-order valence-electron chi connectivity index (χ1n) is 7.12. The maximum absolute atomic E-state index is 8.99. The van der Waals surface area contributed by atoms with Crippen LogP contribution in [0.1, 0.15) is 16.9 Å². The SMILES string of the molecule is CN(CCCOc1ccccc1C#N)CCc1cccs1. The van der Waals surface area contributed by atoms with Crippen molar-refractivity contribution in [2.75, 3.05) is 26.7 Å². The molecule has 0 fully saturated rings. The highest BCUT2D eigenvalue weighted by Gasteiger charge is 2.03. The number of likely N-dealkylation sites (N-methyl/N-ethyl adjacent to an activating group) is 1. The number of rotatable bonds is 8. The van der Waals surface area contributed by atoms with Gasteiger partial charge >= 0.3 is 0 Å². The van der Waals surface area contributed by atoms with Gasteiger partial charge in [-0.2, -0.15) is 5.26 Å². The summed E-state index contributed by atoms with van der Waals surface area (Å²) in [4.78, 5) is 3.75. The number of para-hydroxylation sites is 1. The lowest BCUT2D eigenvalue weighted by Gasteiger charge is -2.16. The van der Waals surface area contributed by atoms with Crippen LogP contribution in [0.2, 0.25) is 0 Å². The van der Waals surface area contributed by atoms with Crippen LogP contribution in [0.5, 0.6) is 5.75 Å². The second-order valence-electron chi connectivity index (χ2n) is 4.94. The van der Waals surface area contributed by atoms with Gasteiger partial charge in [-0.25, -0.2) is 0 Å². The molecular weight excluding hydrogens is 280 g/mol. The molecule has 0 amide bonds. The number of nitriles is 1. The standard InChI is InChI=1S/C17H20N2OS/c1-19(11-9-16-7-4-13-21-16)10-5-12-20-17-8-3-2-6-15(17)14-18/h2-4,6-8,13H,5,9-12H2,1H3. The third-order valence-electron chi connectivity index (χ3n) is 3.27. The largest absolute Gasteiger partial charge is 0.492 e. The van der Waals surface area contributed by atoms with Crippen molar-refractivity contribution in [2.24, 2.45) is 0 Å². The molecule has 3 nitrogen and oxygen atoms in total. The number of ether oxygens (including phenoxy) is 1. The number of hydrogen-bond donors (Lipinski definition) is 0. The minimum Gasteiger partial charge on any atom is -0.492 e. The molecule has 0 bridgehead atoms. The zero-order valence-electron chi connectivity index (χ0n) is 12.3. The first-order chi connectivity index (χ1) is 10.3. The quantitative estimate of drug-likeness (QED) is 0.699. The molecule has 0 radical (unpaired) electrons. The lowest BCUT2D eigenvalue weighted by molar-refractivity contribution is 0.264. The van der Waals surface area contributed by atoms with E-state index in [0.29, 0.717) is 17.9 Å². The van der Waals surface area contributed by atoms with E-state index in [1.165, 1.54) is 4.88 Å². The van der Waals surface area contributed by atoms with E-state index >= 15 is 0 Å². The summed E-state index contributed by atoms with van der Waals surface area (Å²) < 4.78 is 5.68. The average Bonchev–Trinajstić information content (AvgIpc) is 3.03. The maximum atomic E-state index is 8.99. The van der Waals surface area contributed by atoms with E-state index in [1.807, 2.05) is 29.5 Å². The van der Waals surface area contributed by atoms with Gasteiger partial charge in [0.1, 0.15) is 11.8 Å². The fraction of sp³-hybridized carbons (Fsp3) is 0.353. The smallest absolute Gasteiger partial charge is 0.137 e. The first-order valence-corrected chi connectivity index (χ1v) is 8.00. The van der Waals surface area contributed by atoms with Gasteiger partial charge in [-0.3, -0.25) is 0 Å². The third-order valence-corrected chi connectivity index (χ3v) is 4.21. The summed E-state index contributed by atoms with van der Waals surface area (Å²) in [5.74, 6) is 0.682. The van der Waals surface area contributed by atoms with Crippen LogP contribution < -0.4 is 4.74 Å². The average molecular weight is 300 g/mol. The number of nitrogens with zero attached hydrogens (tertiary/aromatic N) is 2. The molecule has 1 heterocycles. The zero-order valence-corrected chi connectivity index (χ0v) is 13.1. The third kappa shape index (κ3) is 5.22. The molecule has 110 valence electrons. The first kappa shape index (κ1) is 15.6. The lowest BCUT2D eigenvalue weighted by atomic mass is 10.2. The maximum Gasteiger partial charge on any atom is 0.137 e. The lowest BCUT2D eigenvalue weighted by Crippen LogP contribution is -2.23. The van der Waals surface area contributed by atoms with E-state index < -0.39 is 0 Å². The minimum atomic E-state index is 0.601. The van der Waals surface area contributed by atoms with Crippen molar-refractivity contribution >= 4 is 11.3 Å². The summed E-state index contributed by atoms with van der Waals surface area (Å²) in [7, 11) is 2.14. The van der Waals surface area contributed by atoms with Crippen LogP contribution >= 0.6 is 11.3 Å². The van der Waals surface area contributed by atoms with Crippen LogP contribution in [0.15, 0.2) is 41.8 Å². The predicted octanol–water partition coefficient (Wildman–Crippen LogP) is 3.56. The monoisotopic (exact) mass is 300 g/mol. The summed E-state index contributed by atoms with van der Waals surface area (Å²) in [6.07, 6.45) is 2.06. The number of benzene rings is 1. The number of thiophene rings is 1. The molecule has 0 spiro atoms. The summed E-state index contributed by atoms with van der Waals surface area (Å²) in [6, 6.07) is 13.8. The van der Waals surface area contributed by atoms with Gasteiger partial charge in [0.2, 0.25) is 0 Å². The van der Waals surface area contributed by atoms with Crippen molar-refractivity contribution in [1.29, 1.82) is 5.26 Å². The molecule has 4 heteroatoms. The highest BCUT2D eigenvalue weighted by molar-refractivity contribution is 7.09. The molecule has 1 aromatic carbocycles. The molecule has 2 rings (SSSR count). The van der Waals surface area contributed by atoms with Crippen molar-refractivity contribution in [1.82, 2.24) is 4.90 Å². The van der Waals surface area contributed by atoms with Crippen molar-refractivity contribution < 1.29 is 4.74 Å². The molecule has 1 aromatic heterocycles. The van der Waals surface area contributed by atoms with Gasteiger partial charge in [0.25, 0.3) is 0 Å². The predicted molar refractivity (Wildman–Crippen MR) is 86.8 cm³/mol. The number of hydrogen-bond acceptors (Lipinski definition) is 4. The van der Waals surface area contributed by atoms with Crippen molar-refractivity contribution in [3.8, 4) is 11.8 Å². The Balaban J connectivity index is 1.64.